The van der Waals surface area contributed by atoms with Crippen LogP contribution < -0.4 is 4.72 Å². The molecule has 1 unspecified atom stereocenters. The van der Waals surface area contributed by atoms with Crippen LogP contribution in [0.15, 0.2) is 17.0 Å². The average Bonchev–Trinajstić information content (AvgIpc) is 3.09. The molecule has 2 aromatic heterocycles. The number of hydrogen-bond donors (Lipinski definition) is 2. The third-order valence-electron chi connectivity index (χ3n) is 3.67. The van der Waals surface area contributed by atoms with Gasteiger partial charge in [0.15, 0.2) is 9.84 Å². The molecule has 1 fully saturated rings. The van der Waals surface area contributed by atoms with Gasteiger partial charge in [0.1, 0.15) is 5.69 Å². The first-order valence-corrected chi connectivity index (χ1v) is 11.1. The number of thiophene rings is 1. The number of aromatic nitrogens is 2. The molecule has 1 aliphatic heterocycles. The molecule has 7 nitrogen and oxygen atoms in total. The van der Waals surface area contributed by atoms with Gasteiger partial charge in [-0.3, -0.25) is 5.10 Å². The Morgan fingerprint density at radius 3 is 2.65 bits per heavy atom. The normalized spacial score (nSPS) is 20.9. The van der Waals surface area contributed by atoms with Crippen LogP contribution in [0.5, 0.6) is 0 Å². The molecule has 0 saturated carbocycles. The van der Waals surface area contributed by atoms with Crippen molar-refractivity contribution in [2.24, 2.45) is 0 Å². The number of nitrogens with zero attached hydrogens (tertiary/aromatic N) is 1. The summed E-state index contributed by atoms with van der Waals surface area (Å²) in [5.41, 5.74) is 1.59. The minimum Gasteiger partial charge on any atom is -0.282 e. The van der Waals surface area contributed by atoms with Crippen molar-refractivity contribution < 1.29 is 16.8 Å². The van der Waals surface area contributed by atoms with E-state index in [0.29, 0.717) is 17.0 Å². The Kier molecular flexibility index (Phi) is 4.11. The first kappa shape index (κ1) is 16.6. The predicted molar refractivity (Wildman–Crippen MR) is 88.8 cm³/mol. The Labute approximate surface area is 139 Å². The Bertz CT molecular complexity index is 941. The van der Waals surface area contributed by atoms with Gasteiger partial charge in [0.2, 0.25) is 10.0 Å². The van der Waals surface area contributed by atoms with Crippen LogP contribution in [0.25, 0.3) is 10.6 Å². The maximum atomic E-state index is 12.5. The molecule has 3 rings (SSSR count). The van der Waals surface area contributed by atoms with Gasteiger partial charge in [-0.2, -0.15) is 5.10 Å². The first-order valence-electron chi connectivity index (χ1n) is 7.02. The van der Waals surface area contributed by atoms with Crippen molar-refractivity contribution in [1.82, 2.24) is 14.9 Å². The fourth-order valence-electron chi connectivity index (χ4n) is 2.57. The third kappa shape index (κ3) is 3.49. The molecule has 1 saturated heterocycles. The summed E-state index contributed by atoms with van der Waals surface area (Å²) in [5, 5.41) is 6.96. The maximum absolute atomic E-state index is 12.5. The zero-order chi connectivity index (χ0) is 16.8. The number of sulfone groups is 1. The van der Waals surface area contributed by atoms with E-state index in [9.17, 15) is 16.8 Å². The maximum Gasteiger partial charge on any atom is 0.241 e. The zero-order valence-corrected chi connectivity index (χ0v) is 15.1. The largest absolute Gasteiger partial charge is 0.282 e. The number of nitrogens with one attached hydrogen (secondary N) is 2. The van der Waals surface area contributed by atoms with Gasteiger partial charge in [0.05, 0.1) is 21.3 Å². The van der Waals surface area contributed by atoms with Gasteiger partial charge in [-0.15, -0.1) is 11.3 Å². The SMILES string of the molecule is Cc1cc(-c2cc(S(=O)(=O)NC3CCS(=O)(=O)C3)c(C)s2)n[nH]1. The highest BCUT2D eigenvalue weighted by Crippen LogP contribution is 2.33. The van der Waals surface area contributed by atoms with Gasteiger partial charge in [-0.1, -0.05) is 0 Å². The van der Waals surface area contributed by atoms with Gasteiger partial charge in [-0.25, -0.2) is 21.6 Å². The number of H-pyrrole nitrogens is 1. The lowest BCUT2D eigenvalue weighted by Crippen LogP contribution is -2.35. The number of aromatic amines is 1. The monoisotopic (exact) mass is 375 g/mol. The number of hydrogen-bond acceptors (Lipinski definition) is 6. The van der Waals surface area contributed by atoms with Crippen molar-refractivity contribution in [3.8, 4) is 10.6 Å². The van der Waals surface area contributed by atoms with E-state index in [2.05, 4.69) is 14.9 Å². The molecular weight excluding hydrogens is 358 g/mol. The Hall–Kier alpha value is -1.23. The zero-order valence-electron chi connectivity index (χ0n) is 12.7. The summed E-state index contributed by atoms with van der Waals surface area (Å²) in [5.74, 6) is -0.110. The molecule has 0 spiro atoms. The molecule has 10 heteroatoms. The van der Waals surface area contributed by atoms with E-state index in [1.54, 1.807) is 13.0 Å². The standard InChI is InChI=1S/C13H17N3O4S3/c1-8-5-11(15-14-8)12-6-13(9(2)21-12)23(19,20)16-10-3-4-22(17,18)7-10/h5-6,10,16H,3-4,7H2,1-2H3,(H,14,15). The summed E-state index contributed by atoms with van der Waals surface area (Å²) in [7, 11) is -6.88. The number of rotatable bonds is 4. The molecule has 2 N–H and O–H groups in total. The lowest BCUT2D eigenvalue weighted by Gasteiger charge is -2.11. The van der Waals surface area contributed by atoms with E-state index < -0.39 is 25.9 Å². The summed E-state index contributed by atoms with van der Waals surface area (Å²) < 4.78 is 50.5. The number of aryl methyl sites for hydroxylation is 2. The van der Waals surface area contributed by atoms with Gasteiger partial charge in [-0.05, 0) is 32.4 Å². The van der Waals surface area contributed by atoms with Crippen LogP contribution in [0.4, 0.5) is 0 Å². The molecule has 1 atom stereocenters. The molecule has 0 radical (unpaired) electrons. The summed E-state index contributed by atoms with van der Waals surface area (Å²) in [6.45, 7) is 3.60. The lowest BCUT2D eigenvalue weighted by molar-refractivity contribution is 0.562. The van der Waals surface area contributed by atoms with Gasteiger partial charge >= 0.3 is 0 Å². The molecule has 0 amide bonds. The molecule has 3 heterocycles. The summed E-state index contributed by atoms with van der Waals surface area (Å²) in [6, 6.07) is 2.88. The van der Waals surface area contributed by atoms with Crippen LogP contribution in [-0.2, 0) is 19.9 Å². The third-order valence-corrected chi connectivity index (χ3v) is 8.29. The molecule has 0 aliphatic carbocycles. The van der Waals surface area contributed by atoms with Gasteiger partial charge < -0.3 is 0 Å². The van der Waals surface area contributed by atoms with Crippen LogP contribution in [-0.4, -0.2) is 44.6 Å². The Morgan fingerprint density at radius 1 is 1.35 bits per heavy atom. The Balaban J connectivity index is 1.87. The minimum atomic E-state index is -3.75. The quantitative estimate of drug-likeness (QED) is 0.835. The topological polar surface area (TPSA) is 109 Å². The van der Waals surface area contributed by atoms with E-state index in [0.717, 1.165) is 10.6 Å². The van der Waals surface area contributed by atoms with Crippen LogP contribution in [0, 0.1) is 13.8 Å². The minimum absolute atomic E-state index is 0.0284. The highest BCUT2D eigenvalue weighted by molar-refractivity contribution is 7.92. The van der Waals surface area contributed by atoms with E-state index in [-0.39, 0.29) is 16.4 Å². The fourth-order valence-corrected chi connectivity index (χ4v) is 7.17. The highest BCUT2D eigenvalue weighted by Gasteiger charge is 2.32. The van der Waals surface area contributed by atoms with Gasteiger partial charge in [0, 0.05) is 16.6 Å². The predicted octanol–water partition coefficient (Wildman–Crippen LogP) is 1.22. The van der Waals surface area contributed by atoms with Crippen molar-refractivity contribution in [2.45, 2.75) is 31.2 Å². The first-order chi connectivity index (χ1) is 10.7. The molecule has 1 aliphatic rings. The lowest BCUT2D eigenvalue weighted by atomic mass is 10.3. The molecule has 0 bridgehead atoms. The summed E-state index contributed by atoms with van der Waals surface area (Å²) in [6.07, 6.45) is 0.316. The van der Waals surface area contributed by atoms with Crippen LogP contribution in [0.1, 0.15) is 17.0 Å². The second-order valence-corrected chi connectivity index (χ2v) is 10.9. The summed E-state index contributed by atoms with van der Waals surface area (Å²) >= 11 is 1.35. The summed E-state index contributed by atoms with van der Waals surface area (Å²) in [4.78, 5) is 1.59. The van der Waals surface area contributed by atoms with Crippen molar-refractivity contribution in [3.05, 3.63) is 22.7 Å². The average molecular weight is 375 g/mol. The van der Waals surface area contributed by atoms with Crippen LogP contribution in [0.2, 0.25) is 0 Å². The molecule has 126 valence electrons. The molecule has 2 aromatic rings. The Morgan fingerprint density at radius 2 is 2.09 bits per heavy atom. The highest BCUT2D eigenvalue weighted by atomic mass is 32.2. The van der Waals surface area contributed by atoms with Crippen molar-refractivity contribution in [1.29, 1.82) is 0 Å². The van der Waals surface area contributed by atoms with Gasteiger partial charge in [0.25, 0.3) is 0 Å². The second kappa shape index (κ2) is 5.69. The van der Waals surface area contributed by atoms with E-state index in [1.807, 2.05) is 13.0 Å². The van der Waals surface area contributed by atoms with Crippen LogP contribution >= 0.6 is 11.3 Å². The fraction of sp³-hybridized carbons (Fsp3) is 0.462. The second-order valence-electron chi connectivity index (χ2n) is 5.69. The van der Waals surface area contributed by atoms with E-state index >= 15 is 0 Å². The number of sulfonamides is 1. The van der Waals surface area contributed by atoms with E-state index in [4.69, 9.17) is 0 Å². The van der Waals surface area contributed by atoms with E-state index in [1.165, 1.54) is 11.3 Å². The van der Waals surface area contributed by atoms with Crippen molar-refractivity contribution >= 4 is 31.2 Å². The molecule has 0 aromatic carbocycles. The molecule has 23 heavy (non-hydrogen) atoms. The van der Waals surface area contributed by atoms with Crippen molar-refractivity contribution in [3.63, 3.8) is 0 Å². The smallest absolute Gasteiger partial charge is 0.241 e. The van der Waals surface area contributed by atoms with Crippen molar-refractivity contribution in [2.75, 3.05) is 11.5 Å². The van der Waals surface area contributed by atoms with Crippen LogP contribution in [0.3, 0.4) is 0 Å². The molecular formula is C13H17N3O4S3.